The Morgan fingerprint density at radius 2 is 2.00 bits per heavy atom. The first-order valence-corrected chi connectivity index (χ1v) is 5.60. The summed E-state index contributed by atoms with van der Waals surface area (Å²) in [6, 6.07) is 6.13. The minimum atomic E-state index is -0.712. The summed E-state index contributed by atoms with van der Waals surface area (Å²) in [6.07, 6.45) is 0. The molecular weight excluding hydrogens is 267 g/mol. The maximum Gasteiger partial charge on any atom is 0.319 e. The van der Waals surface area contributed by atoms with Crippen molar-refractivity contribution in [1.29, 1.82) is 0 Å². The molecule has 0 atom stereocenters. The molecular formula is C12H11FN4O3. The van der Waals surface area contributed by atoms with E-state index in [0.29, 0.717) is 5.69 Å². The molecule has 3 amide bonds. The SMILES string of the molecule is NC(=O)c1cc(CNC(=O)Nc2ccc(F)cc2)on1. The van der Waals surface area contributed by atoms with Crippen LogP contribution in [0.2, 0.25) is 0 Å². The molecule has 0 saturated heterocycles. The van der Waals surface area contributed by atoms with Gasteiger partial charge in [-0.25, -0.2) is 9.18 Å². The zero-order valence-corrected chi connectivity index (χ0v) is 10.2. The molecule has 0 aliphatic heterocycles. The minimum absolute atomic E-state index is 0.0132. The molecule has 7 nitrogen and oxygen atoms in total. The molecule has 2 aromatic rings. The summed E-state index contributed by atoms with van der Waals surface area (Å²) in [5.74, 6) is -0.819. The summed E-state index contributed by atoms with van der Waals surface area (Å²) in [5.41, 5.74) is 5.44. The molecule has 2 rings (SSSR count). The van der Waals surface area contributed by atoms with Crippen molar-refractivity contribution in [3.8, 4) is 0 Å². The van der Waals surface area contributed by atoms with Gasteiger partial charge in [-0.15, -0.1) is 0 Å². The number of nitrogens with two attached hydrogens (primary N) is 1. The molecule has 104 valence electrons. The van der Waals surface area contributed by atoms with Crippen LogP contribution in [0.25, 0.3) is 0 Å². The predicted molar refractivity (Wildman–Crippen MR) is 67.3 cm³/mol. The Labute approximate surface area is 112 Å². The van der Waals surface area contributed by atoms with E-state index < -0.39 is 17.8 Å². The van der Waals surface area contributed by atoms with Crippen LogP contribution in [0.3, 0.4) is 0 Å². The van der Waals surface area contributed by atoms with Gasteiger partial charge in [-0.05, 0) is 24.3 Å². The van der Waals surface area contributed by atoms with Gasteiger partial charge in [-0.2, -0.15) is 0 Å². The lowest BCUT2D eigenvalue weighted by molar-refractivity contribution is 0.0991. The summed E-state index contributed by atoms with van der Waals surface area (Å²) in [4.78, 5) is 22.3. The predicted octanol–water partition coefficient (Wildman–Crippen LogP) is 1.23. The van der Waals surface area contributed by atoms with E-state index >= 15 is 0 Å². The summed E-state index contributed by atoms with van der Waals surface area (Å²) in [5, 5.41) is 8.41. The van der Waals surface area contributed by atoms with Gasteiger partial charge in [0.15, 0.2) is 11.5 Å². The van der Waals surface area contributed by atoms with Gasteiger partial charge in [0.1, 0.15) is 5.82 Å². The van der Waals surface area contributed by atoms with Crippen molar-refractivity contribution in [2.75, 3.05) is 5.32 Å². The lowest BCUT2D eigenvalue weighted by Crippen LogP contribution is -2.28. The highest BCUT2D eigenvalue weighted by molar-refractivity contribution is 5.91. The topological polar surface area (TPSA) is 110 Å². The summed E-state index contributed by atoms with van der Waals surface area (Å²) >= 11 is 0. The van der Waals surface area contributed by atoms with Gasteiger partial charge in [-0.3, -0.25) is 4.79 Å². The van der Waals surface area contributed by atoms with Crippen LogP contribution in [-0.4, -0.2) is 17.1 Å². The maximum atomic E-state index is 12.7. The molecule has 1 heterocycles. The molecule has 0 unspecified atom stereocenters. The Morgan fingerprint density at radius 1 is 1.30 bits per heavy atom. The van der Waals surface area contributed by atoms with Crippen LogP contribution in [0.15, 0.2) is 34.9 Å². The Balaban J connectivity index is 1.85. The van der Waals surface area contributed by atoms with Crippen LogP contribution in [-0.2, 0) is 6.54 Å². The molecule has 1 aromatic carbocycles. The number of nitrogens with zero attached hydrogens (tertiary/aromatic N) is 1. The molecule has 0 aliphatic carbocycles. The number of halogens is 1. The third-order valence-electron chi connectivity index (χ3n) is 2.34. The first-order valence-electron chi connectivity index (χ1n) is 5.60. The normalized spacial score (nSPS) is 10.1. The highest BCUT2D eigenvalue weighted by Gasteiger charge is 2.09. The summed E-state index contributed by atoms with van der Waals surface area (Å²) in [7, 11) is 0. The van der Waals surface area contributed by atoms with Crippen LogP contribution in [0.4, 0.5) is 14.9 Å². The quantitative estimate of drug-likeness (QED) is 0.781. The number of hydrogen-bond acceptors (Lipinski definition) is 4. The van der Waals surface area contributed by atoms with Crippen molar-refractivity contribution >= 4 is 17.6 Å². The fraction of sp³-hybridized carbons (Fsp3) is 0.0833. The fourth-order valence-electron chi connectivity index (χ4n) is 1.39. The highest BCUT2D eigenvalue weighted by atomic mass is 19.1. The van der Waals surface area contributed by atoms with Crippen LogP contribution in [0.5, 0.6) is 0 Å². The molecule has 0 bridgehead atoms. The molecule has 0 radical (unpaired) electrons. The molecule has 0 fully saturated rings. The van der Waals surface area contributed by atoms with Crippen molar-refractivity contribution in [2.24, 2.45) is 5.73 Å². The average Bonchev–Trinajstić information content (AvgIpc) is 2.88. The third-order valence-corrected chi connectivity index (χ3v) is 2.34. The fourth-order valence-corrected chi connectivity index (χ4v) is 1.39. The zero-order chi connectivity index (χ0) is 14.5. The van der Waals surface area contributed by atoms with Gasteiger partial charge < -0.3 is 20.9 Å². The van der Waals surface area contributed by atoms with Gasteiger partial charge >= 0.3 is 6.03 Å². The maximum absolute atomic E-state index is 12.7. The first kappa shape index (κ1) is 13.5. The lowest BCUT2D eigenvalue weighted by atomic mass is 10.3. The van der Waals surface area contributed by atoms with Crippen LogP contribution >= 0.6 is 0 Å². The molecule has 20 heavy (non-hydrogen) atoms. The van der Waals surface area contributed by atoms with E-state index in [4.69, 9.17) is 10.3 Å². The zero-order valence-electron chi connectivity index (χ0n) is 10.2. The van der Waals surface area contributed by atoms with E-state index in [9.17, 15) is 14.0 Å². The van der Waals surface area contributed by atoms with Gasteiger partial charge in [0.25, 0.3) is 5.91 Å². The van der Waals surface area contributed by atoms with E-state index in [1.54, 1.807) is 0 Å². The standard InChI is InChI=1S/C12H11FN4O3/c13-7-1-3-8(4-2-7)16-12(19)15-6-9-5-10(11(14)18)17-20-9/h1-5H,6H2,(H2,14,18)(H2,15,16,19). The number of anilines is 1. The van der Waals surface area contributed by atoms with Gasteiger partial charge in [0, 0.05) is 11.8 Å². The van der Waals surface area contributed by atoms with Crippen molar-refractivity contribution in [3.05, 3.63) is 47.6 Å². The van der Waals surface area contributed by atoms with Crippen LogP contribution < -0.4 is 16.4 Å². The molecule has 4 N–H and O–H groups in total. The third kappa shape index (κ3) is 3.55. The molecule has 0 saturated carbocycles. The second-order valence-corrected chi connectivity index (χ2v) is 3.86. The molecule has 0 aliphatic rings. The number of carbonyl (C=O) groups excluding carboxylic acids is 2. The number of primary amides is 1. The van der Waals surface area contributed by atoms with Gasteiger partial charge in [0.2, 0.25) is 0 Å². The van der Waals surface area contributed by atoms with Gasteiger partial charge in [0.05, 0.1) is 6.54 Å². The number of benzene rings is 1. The van der Waals surface area contributed by atoms with Crippen molar-refractivity contribution in [1.82, 2.24) is 10.5 Å². The van der Waals surface area contributed by atoms with Crippen LogP contribution in [0.1, 0.15) is 16.2 Å². The Kier molecular flexibility index (Phi) is 3.94. The number of carbonyl (C=O) groups is 2. The Hall–Kier alpha value is -2.90. The number of nitrogens with one attached hydrogen (secondary N) is 2. The van der Waals surface area contributed by atoms with E-state index in [-0.39, 0.29) is 18.0 Å². The number of amides is 3. The average molecular weight is 278 g/mol. The molecule has 8 heteroatoms. The number of aromatic nitrogens is 1. The number of urea groups is 1. The lowest BCUT2D eigenvalue weighted by Gasteiger charge is -2.05. The minimum Gasteiger partial charge on any atom is -0.364 e. The second kappa shape index (κ2) is 5.83. The van der Waals surface area contributed by atoms with Gasteiger partial charge in [-0.1, -0.05) is 5.16 Å². The monoisotopic (exact) mass is 278 g/mol. The van der Waals surface area contributed by atoms with E-state index in [2.05, 4.69) is 15.8 Å². The second-order valence-electron chi connectivity index (χ2n) is 3.86. The Bertz CT molecular complexity index is 624. The largest absolute Gasteiger partial charge is 0.364 e. The molecule has 1 aromatic heterocycles. The number of hydrogen-bond donors (Lipinski definition) is 3. The first-order chi connectivity index (χ1) is 9.54. The smallest absolute Gasteiger partial charge is 0.319 e. The van der Waals surface area contributed by atoms with E-state index in [1.165, 1.54) is 30.3 Å². The Morgan fingerprint density at radius 3 is 2.60 bits per heavy atom. The van der Waals surface area contributed by atoms with E-state index in [1.807, 2.05) is 0 Å². The van der Waals surface area contributed by atoms with Crippen molar-refractivity contribution < 1.29 is 18.5 Å². The molecule has 0 spiro atoms. The van der Waals surface area contributed by atoms with Crippen molar-refractivity contribution in [3.63, 3.8) is 0 Å². The van der Waals surface area contributed by atoms with Crippen molar-refractivity contribution in [2.45, 2.75) is 6.54 Å². The number of rotatable bonds is 4. The van der Waals surface area contributed by atoms with Crippen LogP contribution in [0, 0.1) is 5.82 Å². The summed E-state index contributed by atoms with van der Waals surface area (Å²) < 4.78 is 17.5. The summed E-state index contributed by atoms with van der Waals surface area (Å²) in [6.45, 7) is 0.0350. The van der Waals surface area contributed by atoms with E-state index in [0.717, 1.165) is 0 Å². The highest BCUT2D eigenvalue weighted by Crippen LogP contribution is 2.08.